The van der Waals surface area contributed by atoms with E-state index in [1.807, 2.05) is 49.4 Å². The van der Waals surface area contributed by atoms with Crippen LogP contribution in [0.25, 0.3) is 16.6 Å². The minimum Gasteiger partial charge on any atom is -0.465 e. The number of carbonyl (C=O) groups is 2. The minimum atomic E-state index is -0.910. The summed E-state index contributed by atoms with van der Waals surface area (Å²) in [6.45, 7) is 4.49. The van der Waals surface area contributed by atoms with E-state index in [1.54, 1.807) is 36.3 Å². The predicted molar refractivity (Wildman–Crippen MR) is 161 cm³/mol. The first-order valence-electron chi connectivity index (χ1n) is 13.9. The molecule has 1 aliphatic heterocycles. The second kappa shape index (κ2) is 11.1. The fourth-order valence-corrected chi connectivity index (χ4v) is 6.27. The first-order valence-corrected chi connectivity index (χ1v) is 14.3. The summed E-state index contributed by atoms with van der Waals surface area (Å²) < 4.78 is 9.21. The Morgan fingerprint density at radius 2 is 1.86 bits per heavy atom. The number of esters is 1. The molecule has 214 valence electrons. The van der Waals surface area contributed by atoms with E-state index in [-0.39, 0.29) is 12.5 Å². The number of amides is 1. The third-order valence-corrected chi connectivity index (χ3v) is 8.34. The molecule has 9 nitrogen and oxygen atoms in total. The number of nitrogens with zero attached hydrogens (tertiary/aromatic N) is 4. The molecular weight excluding hydrogens is 552 g/mol. The Kier molecular flexibility index (Phi) is 7.30. The van der Waals surface area contributed by atoms with Crippen molar-refractivity contribution in [3.05, 3.63) is 112 Å². The van der Waals surface area contributed by atoms with Crippen molar-refractivity contribution < 1.29 is 14.3 Å². The number of hydrogen-bond donors (Lipinski definition) is 2. The lowest BCUT2D eigenvalue weighted by atomic mass is 9.81. The van der Waals surface area contributed by atoms with Crippen LogP contribution in [0.4, 0.5) is 0 Å². The molecule has 1 aliphatic rings. The Balaban J connectivity index is 1.42. The van der Waals surface area contributed by atoms with Gasteiger partial charge in [-0.25, -0.2) is 4.79 Å². The van der Waals surface area contributed by atoms with Crippen LogP contribution in [-0.4, -0.2) is 37.8 Å². The van der Waals surface area contributed by atoms with Gasteiger partial charge in [0.2, 0.25) is 0 Å². The maximum Gasteiger partial charge on any atom is 0.327 e. The van der Waals surface area contributed by atoms with Crippen molar-refractivity contribution in [3.8, 4) is 5.69 Å². The zero-order valence-electron chi connectivity index (χ0n) is 23.4. The Morgan fingerprint density at radius 3 is 2.57 bits per heavy atom. The van der Waals surface area contributed by atoms with Crippen LogP contribution in [0.5, 0.6) is 0 Å². The summed E-state index contributed by atoms with van der Waals surface area (Å²) in [5.41, 5.74) is 11.7. The number of fused-ring (bicyclic) bond motifs is 3. The zero-order valence-corrected chi connectivity index (χ0v) is 24.1. The van der Waals surface area contributed by atoms with Gasteiger partial charge in [0.05, 0.1) is 29.3 Å². The minimum absolute atomic E-state index is 0.255. The lowest BCUT2D eigenvalue weighted by Crippen LogP contribution is -2.51. The van der Waals surface area contributed by atoms with E-state index in [4.69, 9.17) is 22.1 Å². The van der Waals surface area contributed by atoms with Crippen molar-refractivity contribution in [2.75, 3.05) is 6.61 Å². The summed E-state index contributed by atoms with van der Waals surface area (Å²) in [7, 11) is 0. The third kappa shape index (κ3) is 4.84. The number of ether oxygens (including phenoxy) is 1. The molecule has 42 heavy (non-hydrogen) atoms. The monoisotopic (exact) mass is 582 g/mol. The second-order valence-corrected chi connectivity index (χ2v) is 11.0. The van der Waals surface area contributed by atoms with Crippen LogP contribution < -0.4 is 11.1 Å². The molecule has 0 bridgehead atoms. The van der Waals surface area contributed by atoms with Gasteiger partial charge < -0.3 is 20.4 Å². The van der Waals surface area contributed by atoms with Crippen molar-refractivity contribution in [2.24, 2.45) is 5.73 Å². The van der Waals surface area contributed by atoms with E-state index in [2.05, 4.69) is 32.2 Å². The molecule has 1 amide bonds. The second-order valence-electron chi connectivity index (χ2n) is 10.6. The lowest BCUT2D eigenvalue weighted by Gasteiger charge is -2.40. The average Bonchev–Trinajstić information content (AvgIpc) is 3.63. The third-order valence-electron chi connectivity index (χ3n) is 8.03. The molecule has 3 aromatic carbocycles. The molecule has 2 unspecified atom stereocenters. The van der Waals surface area contributed by atoms with Gasteiger partial charge in [-0.1, -0.05) is 53.6 Å². The molecule has 3 N–H and O–H groups in total. The van der Waals surface area contributed by atoms with Gasteiger partial charge in [-0.3, -0.25) is 9.36 Å². The Hall–Kier alpha value is -4.47. The van der Waals surface area contributed by atoms with Crippen LogP contribution in [0.15, 0.2) is 79.4 Å². The predicted octanol–water partition coefficient (Wildman–Crippen LogP) is 5.02. The van der Waals surface area contributed by atoms with Gasteiger partial charge >= 0.3 is 5.97 Å². The van der Waals surface area contributed by atoms with Crippen molar-refractivity contribution in [3.63, 3.8) is 0 Å². The Labute approximate surface area is 248 Å². The topological polar surface area (TPSA) is 117 Å². The summed E-state index contributed by atoms with van der Waals surface area (Å²) >= 11 is 6.64. The van der Waals surface area contributed by atoms with Gasteiger partial charge in [-0.05, 0) is 62.6 Å². The average molecular weight is 583 g/mol. The van der Waals surface area contributed by atoms with E-state index >= 15 is 0 Å². The molecule has 5 aromatic rings. The highest BCUT2D eigenvalue weighted by molar-refractivity contribution is 6.34. The van der Waals surface area contributed by atoms with Crippen LogP contribution in [-0.2, 0) is 28.0 Å². The molecule has 0 saturated heterocycles. The summed E-state index contributed by atoms with van der Waals surface area (Å²) in [4.78, 5) is 26.7. The molecule has 10 heteroatoms. The van der Waals surface area contributed by atoms with Gasteiger partial charge in [0.1, 0.15) is 18.7 Å². The number of nitrogens with two attached hydrogens (primary N) is 1. The smallest absolute Gasteiger partial charge is 0.327 e. The highest BCUT2D eigenvalue weighted by Crippen LogP contribution is 2.41. The highest BCUT2D eigenvalue weighted by Gasteiger charge is 2.41. The van der Waals surface area contributed by atoms with E-state index in [0.717, 1.165) is 39.0 Å². The molecule has 2 atom stereocenters. The van der Waals surface area contributed by atoms with Crippen LogP contribution >= 0.6 is 11.6 Å². The van der Waals surface area contributed by atoms with Crippen LogP contribution in [0.3, 0.4) is 0 Å². The molecule has 0 aliphatic carbocycles. The molecule has 0 radical (unpaired) electrons. The van der Waals surface area contributed by atoms with Gasteiger partial charge in [0.25, 0.3) is 5.91 Å². The van der Waals surface area contributed by atoms with Gasteiger partial charge in [0, 0.05) is 27.8 Å². The maximum atomic E-state index is 13.9. The van der Waals surface area contributed by atoms with E-state index in [9.17, 15) is 9.59 Å². The molecule has 6 rings (SSSR count). The summed E-state index contributed by atoms with van der Waals surface area (Å²) in [5, 5.41) is 12.3. The number of hydrogen-bond acceptors (Lipinski definition) is 6. The number of nitrogens with one attached hydrogen (secondary N) is 1. The standard InChI is InChI=1S/C32H31ClN6O3/c1-3-42-31(41)29(34)28-24-15-20(2)9-12-26(24)39-17-32(14-13-27(28)39,21-7-5-4-6-8-21)37-30(40)23-11-10-22(16-25(23)33)38-18-35-36-19-38/h4-12,15-16,18-19,29H,3,13-14,17,34H2,1-2H3,(H,37,40). The van der Waals surface area contributed by atoms with E-state index < -0.39 is 17.6 Å². The highest BCUT2D eigenvalue weighted by atomic mass is 35.5. The molecule has 0 saturated carbocycles. The SMILES string of the molecule is CCOC(=O)C(N)c1c2n(c3ccc(C)cc13)CC(NC(=O)c1ccc(-n3cnnc3)cc1Cl)(c1ccccc1)CC2. The molecule has 2 aromatic heterocycles. The quantitative estimate of drug-likeness (QED) is 0.260. The van der Waals surface area contributed by atoms with Crippen molar-refractivity contribution >= 4 is 34.4 Å². The Morgan fingerprint density at radius 1 is 1.10 bits per heavy atom. The largest absolute Gasteiger partial charge is 0.465 e. The molecule has 0 fully saturated rings. The first-order chi connectivity index (χ1) is 20.3. The van der Waals surface area contributed by atoms with Crippen LogP contribution in [0.2, 0.25) is 5.02 Å². The van der Waals surface area contributed by atoms with Crippen molar-refractivity contribution in [2.45, 2.75) is 44.8 Å². The summed E-state index contributed by atoms with van der Waals surface area (Å²) in [5.74, 6) is -0.731. The van der Waals surface area contributed by atoms with Gasteiger partial charge in [-0.15, -0.1) is 10.2 Å². The van der Waals surface area contributed by atoms with E-state index in [0.29, 0.717) is 30.0 Å². The fraction of sp³-hybridized carbons (Fsp3) is 0.250. The molecular formula is C32H31ClN6O3. The summed E-state index contributed by atoms with van der Waals surface area (Å²) in [6.07, 6.45) is 4.32. The molecule has 3 heterocycles. The van der Waals surface area contributed by atoms with Crippen LogP contribution in [0.1, 0.15) is 52.1 Å². The number of benzene rings is 3. The number of aryl methyl sites for hydroxylation is 1. The van der Waals surface area contributed by atoms with Crippen molar-refractivity contribution in [1.29, 1.82) is 0 Å². The number of aromatic nitrogens is 4. The maximum absolute atomic E-state index is 13.9. The Bertz CT molecular complexity index is 1780. The lowest BCUT2D eigenvalue weighted by molar-refractivity contribution is -0.144. The normalized spacial score (nSPS) is 17.0. The van der Waals surface area contributed by atoms with E-state index in [1.165, 1.54) is 0 Å². The van der Waals surface area contributed by atoms with Gasteiger partial charge in [-0.2, -0.15) is 0 Å². The number of rotatable bonds is 7. The number of carbonyl (C=O) groups excluding carboxylic acids is 2. The van der Waals surface area contributed by atoms with Crippen LogP contribution in [0, 0.1) is 6.92 Å². The van der Waals surface area contributed by atoms with Gasteiger partial charge in [0.15, 0.2) is 0 Å². The first kappa shape index (κ1) is 27.7. The number of halogens is 1. The summed E-state index contributed by atoms with van der Waals surface area (Å²) in [6, 6.07) is 20.5. The zero-order chi connectivity index (χ0) is 29.4. The van der Waals surface area contributed by atoms with Crippen molar-refractivity contribution in [1.82, 2.24) is 24.6 Å². The molecule has 0 spiro atoms. The fourth-order valence-electron chi connectivity index (χ4n) is 6.01.